The van der Waals surface area contributed by atoms with Gasteiger partial charge in [0.1, 0.15) is 0 Å². The van der Waals surface area contributed by atoms with Crippen LogP contribution in [-0.2, 0) is 0 Å². The SMILES string of the molecule is Sc1ccc(Nc2ccc3ccncc3c2)cc1. The molecule has 2 aromatic carbocycles. The second-order valence-corrected chi connectivity index (χ2v) is 4.63. The van der Waals surface area contributed by atoms with E-state index >= 15 is 0 Å². The van der Waals surface area contributed by atoms with Crippen molar-refractivity contribution in [1.29, 1.82) is 0 Å². The first-order valence-electron chi connectivity index (χ1n) is 5.71. The number of thiol groups is 1. The standard InChI is InChI=1S/C15H12N2S/c18-15-5-3-13(4-6-15)17-14-2-1-11-7-8-16-10-12(11)9-14/h1-10,17-18H. The molecule has 3 rings (SSSR count). The second kappa shape index (κ2) is 4.70. The zero-order valence-electron chi connectivity index (χ0n) is 9.67. The average molecular weight is 252 g/mol. The third-order valence-electron chi connectivity index (χ3n) is 2.80. The van der Waals surface area contributed by atoms with Crippen molar-refractivity contribution in [1.82, 2.24) is 4.98 Å². The molecule has 3 heteroatoms. The molecule has 0 aliphatic carbocycles. The molecule has 0 amide bonds. The van der Waals surface area contributed by atoms with Crippen LogP contribution in [0, 0.1) is 0 Å². The number of rotatable bonds is 2. The third kappa shape index (κ3) is 2.31. The van der Waals surface area contributed by atoms with Crippen LogP contribution >= 0.6 is 12.6 Å². The lowest BCUT2D eigenvalue weighted by Gasteiger charge is -2.07. The molecule has 1 N–H and O–H groups in total. The van der Waals surface area contributed by atoms with Gasteiger partial charge in [0, 0.05) is 34.1 Å². The van der Waals surface area contributed by atoms with Crippen molar-refractivity contribution in [3.05, 3.63) is 60.9 Å². The molecule has 0 saturated carbocycles. The number of fused-ring (bicyclic) bond motifs is 1. The molecule has 1 heterocycles. The number of anilines is 2. The molecule has 0 bridgehead atoms. The van der Waals surface area contributed by atoms with Crippen LogP contribution in [0.25, 0.3) is 10.8 Å². The lowest BCUT2D eigenvalue weighted by Crippen LogP contribution is -1.89. The van der Waals surface area contributed by atoms with E-state index in [-0.39, 0.29) is 0 Å². The summed E-state index contributed by atoms with van der Waals surface area (Å²) in [5, 5.41) is 5.69. The Hall–Kier alpha value is -2.00. The molecule has 0 spiro atoms. The highest BCUT2D eigenvalue weighted by atomic mass is 32.1. The van der Waals surface area contributed by atoms with E-state index in [1.165, 1.54) is 5.39 Å². The summed E-state index contributed by atoms with van der Waals surface area (Å²) in [6.07, 6.45) is 3.68. The van der Waals surface area contributed by atoms with Crippen LogP contribution in [-0.4, -0.2) is 4.98 Å². The number of hydrogen-bond acceptors (Lipinski definition) is 3. The summed E-state index contributed by atoms with van der Waals surface area (Å²) < 4.78 is 0. The highest BCUT2D eigenvalue weighted by Crippen LogP contribution is 2.22. The van der Waals surface area contributed by atoms with Crippen LogP contribution in [0.3, 0.4) is 0 Å². The molecule has 0 fully saturated rings. The Kier molecular flexibility index (Phi) is 2.90. The highest BCUT2D eigenvalue weighted by molar-refractivity contribution is 7.80. The minimum absolute atomic E-state index is 0.961. The van der Waals surface area contributed by atoms with Crippen LogP contribution in [0.15, 0.2) is 65.8 Å². The van der Waals surface area contributed by atoms with Crippen molar-refractivity contribution in [3.63, 3.8) is 0 Å². The monoisotopic (exact) mass is 252 g/mol. The first kappa shape index (κ1) is 11.1. The zero-order chi connectivity index (χ0) is 12.4. The summed E-state index contributed by atoms with van der Waals surface area (Å²) in [4.78, 5) is 5.10. The van der Waals surface area contributed by atoms with Gasteiger partial charge in [-0.15, -0.1) is 12.6 Å². The zero-order valence-corrected chi connectivity index (χ0v) is 10.6. The first-order chi connectivity index (χ1) is 8.81. The van der Waals surface area contributed by atoms with Gasteiger partial charge in [-0.05, 0) is 47.9 Å². The van der Waals surface area contributed by atoms with Gasteiger partial charge in [-0.1, -0.05) is 6.07 Å². The maximum absolute atomic E-state index is 4.27. The number of aromatic nitrogens is 1. The maximum atomic E-state index is 4.27. The number of nitrogens with zero attached hydrogens (tertiary/aromatic N) is 1. The lowest BCUT2D eigenvalue weighted by molar-refractivity contribution is 1.36. The van der Waals surface area contributed by atoms with Crippen molar-refractivity contribution < 1.29 is 0 Å². The molecule has 3 aromatic rings. The molecule has 88 valence electrons. The molecule has 2 nitrogen and oxygen atoms in total. The van der Waals surface area contributed by atoms with Crippen molar-refractivity contribution >= 4 is 34.8 Å². The molecule has 1 aromatic heterocycles. The highest BCUT2D eigenvalue weighted by Gasteiger charge is 1.97. The average Bonchev–Trinajstić information content (AvgIpc) is 2.41. The fraction of sp³-hybridized carbons (Fsp3) is 0. The number of nitrogens with one attached hydrogen (secondary N) is 1. The third-order valence-corrected chi connectivity index (χ3v) is 3.09. The van der Waals surface area contributed by atoms with Gasteiger partial charge in [-0.25, -0.2) is 0 Å². The van der Waals surface area contributed by atoms with Gasteiger partial charge < -0.3 is 5.32 Å². The van der Waals surface area contributed by atoms with Gasteiger partial charge in [-0.2, -0.15) is 0 Å². The predicted molar refractivity (Wildman–Crippen MR) is 78.7 cm³/mol. The molecule has 0 saturated heterocycles. The van der Waals surface area contributed by atoms with E-state index < -0.39 is 0 Å². The van der Waals surface area contributed by atoms with Gasteiger partial charge in [0.15, 0.2) is 0 Å². The fourth-order valence-electron chi connectivity index (χ4n) is 1.87. The Morgan fingerprint density at radius 1 is 0.833 bits per heavy atom. The largest absolute Gasteiger partial charge is 0.356 e. The summed E-state index contributed by atoms with van der Waals surface area (Å²) in [6, 6.07) is 16.2. The molecule has 0 unspecified atom stereocenters. The lowest BCUT2D eigenvalue weighted by atomic mass is 10.1. The summed E-state index contributed by atoms with van der Waals surface area (Å²) in [7, 11) is 0. The molecule has 0 atom stereocenters. The van der Waals surface area contributed by atoms with E-state index in [4.69, 9.17) is 0 Å². The van der Waals surface area contributed by atoms with E-state index in [0.29, 0.717) is 0 Å². The summed E-state index contributed by atoms with van der Waals surface area (Å²) in [5.41, 5.74) is 2.11. The van der Waals surface area contributed by atoms with Gasteiger partial charge in [0.25, 0.3) is 0 Å². The second-order valence-electron chi connectivity index (χ2n) is 4.11. The van der Waals surface area contributed by atoms with E-state index in [1.54, 1.807) is 6.20 Å². The Bertz CT molecular complexity index is 677. The minimum atomic E-state index is 0.961. The molecule has 18 heavy (non-hydrogen) atoms. The normalized spacial score (nSPS) is 10.5. The molecule has 0 radical (unpaired) electrons. The van der Waals surface area contributed by atoms with E-state index in [0.717, 1.165) is 21.7 Å². The fourth-order valence-corrected chi connectivity index (χ4v) is 2.02. The van der Waals surface area contributed by atoms with Crippen LogP contribution in [0.1, 0.15) is 0 Å². The number of benzene rings is 2. The van der Waals surface area contributed by atoms with E-state index in [2.05, 4.69) is 41.1 Å². The van der Waals surface area contributed by atoms with Crippen molar-refractivity contribution in [2.45, 2.75) is 4.90 Å². The quantitative estimate of drug-likeness (QED) is 0.666. The summed E-state index contributed by atoms with van der Waals surface area (Å²) >= 11 is 4.27. The Morgan fingerprint density at radius 2 is 1.61 bits per heavy atom. The molecule has 0 aliphatic heterocycles. The summed E-state index contributed by atoms with van der Waals surface area (Å²) in [5.74, 6) is 0. The Balaban J connectivity index is 1.92. The Labute approximate surface area is 111 Å². The minimum Gasteiger partial charge on any atom is -0.356 e. The predicted octanol–water partition coefficient (Wildman–Crippen LogP) is 4.27. The molecular weight excluding hydrogens is 240 g/mol. The van der Waals surface area contributed by atoms with Crippen LogP contribution < -0.4 is 5.32 Å². The first-order valence-corrected chi connectivity index (χ1v) is 6.16. The van der Waals surface area contributed by atoms with Crippen LogP contribution in [0.5, 0.6) is 0 Å². The number of pyridine rings is 1. The van der Waals surface area contributed by atoms with Gasteiger partial charge in [0.05, 0.1) is 0 Å². The number of hydrogen-bond donors (Lipinski definition) is 2. The Morgan fingerprint density at radius 3 is 2.44 bits per heavy atom. The smallest absolute Gasteiger partial charge is 0.0391 e. The van der Waals surface area contributed by atoms with Crippen molar-refractivity contribution in [3.8, 4) is 0 Å². The molecular formula is C15H12N2S. The van der Waals surface area contributed by atoms with Crippen LogP contribution in [0.2, 0.25) is 0 Å². The topological polar surface area (TPSA) is 24.9 Å². The van der Waals surface area contributed by atoms with Crippen LogP contribution in [0.4, 0.5) is 11.4 Å². The van der Waals surface area contributed by atoms with Crippen molar-refractivity contribution in [2.24, 2.45) is 0 Å². The maximum Gasteiger partial charge on any atom is 0.0391 e. The summed E-state index contributed by atoms with van der Waals surface area (Å²) in [6.45, 7) is 0. The van der Waals surface area contributed by atoms with Gasteiger partial charge in [0.2, 0.25) is 0 Å². The van der Waals surface area contributed by atoms with Gasteiger partial charge >= 0.3 is 0 Å². The van der Waals surface area contributed by atoms with Gasteiger partial charge in [-0.3, -0.25) is 4.98 Å². The van der Waals surface area contributed by atoms with E-state index in [9.17, 15) is 0 Å². The molecule has 0 aliphatic rings. The van der Waals surface area contributed by atoms with Crippen molar-refractivity contribution in [2.75, 3.05) is 5.32 Å². The van der Waals surface area contributed by atoms with E-state index in [1.807, 2.05) is 36.5 Å².